The molecule has 0 radical (unpaired) electrons. The maximum Gasteiger partial charge on any atom is 0.265 e. The number of aryl methyl sites for hydroxylation is 1. The molecular weight excluding hydrogens is 652 g/mol. The van der Waals surface area contributed by atoms with Crippen LogP contribution in [-0.4, -0.2) is 47.3 Å². The van der Waals surface area contributed by atoms with E-state index in [0.717, 1.165) is 32.1 Å². The van der Waals surface area contributed by atoms with Crippen molar-refractivity contribution in [3.05, 3.63) is 160 Å². The molecule has 264 valence electrons. The number of hydrogen-bond donors (Lipinski definition) is 0. The molecule has 52 heavy (non-hydrogen) atoms. The van der Waals surface area contributed by atoms with Gasteiger partial charge in [-0.15, -0.1) is 0 Å². The van der Waals surface area contributed by atoms with Gasteiger partial charge in [0, 0.05) is 18.0 Å². The molecule has 0 spiro atoms. The summed E-state index contributed by atoms with van der Waals surface area (Å²) in [5.41, 5.74) is 3.46. The fourth-order valence-corrected chi connectivity index (χ4v) is 6.44. The Kier molecular flexibility index (Phi) is 9.36. The van der Waals surface area contributed by atoms with Gasteiger partial charge in [-0.1, -0.05) is 56.3 Å². The lowest BCUT2D eigenvalue weighted by atomic mass is 9.78. The lowest BCUT2D eigenvalue weighted by Gasteiger charge is -2.28. The van der Waals surface area contributed by atoms with Crippen LogP contribution in [0.3, 0.4) is 0 Å². The summed E-state index contributed by atoms with van der Waals surface area (Å²) in [6.07, 6.45) is 14.8. The van der Waals surface area contributed by atoms with Gasteiger partial charge >= 0.3 is 0 Å². The van der Waals surface area contributed by atoms with Gasteiger partial charge in [0.15, 0.2) is 0 Å². The largest absolute Gasteiger partial charge is 0.479 e. The van der Waals surface area contributed by atoms with Crippen molar-refractivity contribution in [2.75, 3.05) is 11.9 Å². The summed E-state index contributed by atoms with van der Waals surface area (Å²) in [6.45, 7) is 11.9. The highest BCUT2D eigenvalue weighted by molar-refractivity contribution is 6.22. The van der Waals surface area contributed by atoms with Crippen molar-refractivity contribution < 1.29 is 28.7 Å². The SMILES string of the molecule is CC1=C(C(=O)N(C=O)c2cccc(C)c2)C=CC(C)(Oc2ccc(C(C)(C)c3ccc(OC4(C)C=CC5=C(C=C4)C(=O)N(C)C5=O)cc3)cc2)C=C1. The molecule has 2 aliphatic carbocycles. The predicted molar refractivity (Wildman–Crippen MR) is 202 cm³/mol. The maximum atomic E-state index is 13.5. The van der Waals surface area contributed by atoms with E-state index in [4.69, 9.17) is 9.47 Å². The van der Waals surface area contributed by atoms with Crippen LogP contribution in [0, 0.1) is 6.92 Å². The van der Waals surface area contributed by atoms with Crippen LogP contribution < -0.4 is 14.4 Å². The molecule has 0 fully saturated rings. The molecule has 4 amide bonds. The van der Waals surface area contributed by atoms with E-state index >= 15 is 0 Å². The zero-order valence-corrected chi connectivity index (χ0v) is 30.5. The van der Waals surface area contributed by atoms with Gasteiger partial charge < -0.3 is 9.47 Å². The number of hydrogen-bond acceptors (Lipinski definition) is 6. The fourth-order valence-electron chi connectivity index (χ4n) is 6.44. The summed E-state index contributed by atoms with van der Waals surface area (Å²) in [4.78, 5) is 52.7. The average molecular weight is 695 g/mol. The number of anilines is 1. The molecule has 1 unspecified atom stereocenters. The van der Waals surface area contributed by atoms with Crippen LogP contribution >= 0.6 is 0 Å². The van der Waals surface area contributed by atoms with E-state index in [-0.39, 0.29) is 17.2 Å². The Balaban J connectivity index is 1.12. The number of allylic oxidation sites excluding steroid dienone is 2. The molecule has 3 aromatic rings. The van der Waals surface area contributed by atoms with Crippen molar-refractivity contribution in [1.29, 1.82) is 0 Å². The highest BCUT2D eigenvalue weighted by atomic mass is 16.5. The molecule has 0 saturated heterocycles. The van der Waals surface area contributed by atoms with Crippen molar-refractivity contribution >= 4 is 29.8 Å². The molecule has 0 bridgehead atoms. The van der Waals surface area contributed by atoms with Gasteiger partial charge in [-0.05, 0) is 129 Å². The minimum Gasteiger partial charge on any atom is -0.479 e. The Bertz CT molecular complexity index is 2110. The van der Waals surface area contributed by atoms with Gasteiger partial charge in [-0.25, -0.2) is 4.90 Å². The number of ether oxygens (including phenoxy) is 2. The van der Waals surface area contributed by atoms with Gasteiger partial charge in [0.25, 0.3) is 17.7 Å². The van der Waals surface area contributed by atoms with Crippen LogP contribution in [0.5, 0.6) is 11.5 Å². The molecule has 3 aliphatic rings. The first-order valence-electron chi connectivity index (χ1n) is 17.1. The second-order valence-corrected chi connectivity index (χ2v) is 14.3. The highest BCUT2D eigenvalue weighted by Gasteiger charge is 2.36. The van der Waals surface area contributed by atoms with Crippen molar-refractivity contribution in [3.8, 4) is 11.5 Å². The Hall–Kier alpha value is -6.02. The number of amides is 4. The monoisotopic (exact) mass is 694 g/mol. The van der Waals surface area contributed by atoms with Gasteiger partial charge in [0.1, 0.15) is 22.7 Å². The van der Waals surface area contributed by atoms with Crippen molar-refractivity contribution in [3.63, 3.8) is 0 Å². The highest BCUT2D eigenvalue weighted by Crippen LogP contribution is 2.36. The molecule has 3 aromatic carbocycles. The lowest BCUT2D eigenvalue weighted by Crippen LogP contribution is -2.31. The first-order chi connectivity index (χ1) is 24.6. The summed E-state index contributed by atoms with van der Waals surface area (Å²) in [5.74, 6) is 0.264. The quantitative estimate of drug-likeness (QED) is 0.169. The zero-order valence-electron chi connectivity index (χ0n) is 30.5. The van der Waals surface area contributed by atoms with E-state index in [9.17, 15) is 19.2 Å². The molecule has 6 rings (SSSR count). The topological polar surface area (TPSA) is 93.2 Å². The molecule has 1 atom stereocenters. The third-order valence-electron chi connectivity index (χ3n) is 9.85. The number of imide groups is 2. The molecule has 1 aliphatic heterocycles. The van der Waals surface area contributed by atoms with Crippen molar-refractivity contribution in [2.24, 2.45) is 0 Å². The van der Waals surface area contributed by atoms with Crippen LogP contribution in [0.1, 0.15) is 51.3 Å². The summed E-state index contributed by atoms with van der Waals surface area (Å²) < 4.78 is 12.8. The lowest BCUT2D eigenvalue weighted by molar-refractivity contribution is -0.135. The van der Waals surface area contributed by atoms with E-state index in [0.29, 0.717) is 40.3 Å². The molecule has 0 N–H and O–H groups in total. The number of carbonyl (C=O) groups is 4. The van der Waals surface area contributed by atoms with Gasteiger partial charge in [-0.3, -0.25) is 24.1 Å². The average Bonchev–Trinajstić information content (AvgIpc) is 3.24. The summed E-state index contributed by atoms with van der Waals surface area (Å²) in [6, 6.07) is 23.2. The summed E-state index contributed by atoms with van der Waals surface area (Å²) in [7, 11) is 1.48. The molecule has 1 heterocycles. The van der Waals surface area contributed by atoms with E-state index in [1.165, 1.54) is 7.05 Å². The van der Waals surface area contributed by atoms with E-state index in [1.807, 2.05) is 107 Å². The minimum absolute atomic E-state index is 0.319. The van der Waals surface area contributed by atoms with Crippen molar-refractivity contribution in [1.82, 2.24) is 4.90 Å². The first kappa shape index (κ1) is 35.8. The Labute approximate surface area is 304 Å². The second kappa shape index (κ2) is 13.6. The van der Waals surface area contributed by atoms with Gasteiger partial charge in [0.2, 0.25) is 6.41 Å². The molecular formula is C44H42N2O6. The number of carbonyl (C=O) groups excluding carboxylic acids is 4. The number of benzene rings is 3. The predicted octanol–water partition coefficient (Wildman–Crippen LogP) is 7.65. The van der Waals surface area contributed by atoms with E-state index in [1.54, 1.807) is 42.5 Å². The second-order valence-electron chi connectivity index (χ2n) is 14.3. The van der Waals surface area contributed by atoms with Gasteiger partial charge in [-0.2, -0.15) is 0 Å². The van der Waals surface area contributed by atoms with Crippen LogP contribution in [0.25, 0.3) is 0 Å². The Morgan fingerprint density at radius 2 is 1.21 bits per heavy atom. The number of likely N-dealkylation sites (N-methyl/N-ethyl adjacent to an activating group) is 1. The first-order valence-corrected chi connectivity index (χ1v) is 17.1. The molecule has 0 saturated carbocycles. The summed E-state index contributed by atoms with van der Waals surface area (Å²) in [5, 5.41) is 0. The molecule has 0 aromatic heterocycles. The maximum absolute atomic E-state index is 13.5. The third kappa shape index (κ3) is 6.97. The van der Waals surface area contributed by atoms with Crippen LogP contribution in [0.4, 0.5) is 5.69 Å². The summed E-state index contributed by atoms with van der Waals surface area (Å²) >= 11 is 0. The van der Waals surface area contributed by atoms with Gasteiger partial charge in [0.05, 0.1) is 16.8 Å². The minimum atomic E-state index is -0.849. The molecule has 8 heteroatoms. The van der Waals surface area contributed by atoms with Crippen LogP contribution in [-0.2, 0) is 24.6 Å². The smallest absolute Gasteiger partial charge is 0.265 e. The number of rotatable bonds is 9. The normalized spacial score (nSPS) is 19.4. The van der Waals surface area contributed by atoms with Crippen LogP contribution in [0.2, 0.25) is 0 Å². The Morgan fingerprint density at radius 3 is 1.69 bits per heavy atom. The molecule has 8 nitrogen and oxygen atoms in total. The van der Waals surface area contributed by atoms with E-state index in [2.05, 4.69) is 13.8 Å². The fraction of sp³-hybridized carbons (Fsp3) is 0.227. The van der Waals surface area contributed by atoms with Crippen molar-refractivity contribution in [2.45, 2.75) is 58.2 Å². The third-order valence-corrected chi connectivity index (χ3v) is 9.85. The van der Waals surface area contributed by atoms with Crippen LogP contribution in [0.15, 0.2) is 144 Å². The Morgan fingerprint density at radius 1 is 0.731 bits per heavy atom. The number of nitrogens with zero attached hydrogens (tertiary/aromatic N) is 2. The zero-order chi connectivity index (χ0) is 37.4. The van der Waals surface area contributed by atoms with E-state index < -0.39 is 17.1 Å². The standard InChI is InChI=1S/C44H42N2O6/c1-29-9-8-10-33(27-29)46(28-47)41(50)36-20-24-43(5,23-19-30(36)2)51-34-15-11-31(12-16-34)42(3,4)32-13-17-35(18-14-32)52-44(6)25-21-37-38(22-26-44)40(49)45(7)39(37)48/h8-28H,1-7H3.